The first-order valence-electron chi connectivity index (χ1n) is 10.2. The average Bonchev–Trinajstić information content (AvgIpc) is 3.25. The van der Waals surface area contributed by atoms with E-state index in [1.807, 2.05) is 12.1 Å². The molecule has 2 aromatic carbocycles. The van der Waals surface area contributed by atoms with E-state index in [1.165, 1.54) is 17.7 Å². The minimum absolute atomic E-state index is 0.0799. The first-order chi connectivity index (χ1) is 14.6. The molecule has 158 valence electrons. The highest BCUT2D eigenvalue weighted by atomic mass is 19.1. The molecule has 3 aromatic rings. The molecule has 0 aliphatic rings. The Morgan fingerprint density at radius 3 is 2.37 bits per heavy atom. The van der Waals surface area contributed by atoms with Crippen LogP contribution in [0.3, 0.4) is 0 Å². The van der Waals surface area contributed by atoms with Crippen LogP contribution in [-0.4, -0.2) is 34.0 Å². The van der Waals surface area contributed by atoms with E-state index in [9.17, 15) is 9.18 Å². The summed E-state index contributed by atoms with van der Waals surface area (Å²) in [4.78, 5) is 18.8. The van der Waals surface area contributed by atoms with Gasteiger partial charge in [0.1, 0.15) is 5.82 Å². The summed E-state index contributed by atoms with van der Waals surface area (Å²) in [6.07, 6.45) is 0.605. The Bertz CT molecular complexity index is 935. The van der Waals surface area contributed by atoms with Crippen molar-refractivity contribution in [1.82, 2.24) is 20.4 Å². The van der Waals surface area contributed by atoms with E-state index in [-0.39, 0.29) is 18.1 Å². The predicted octanol–water partition coefficient (Wildman–Crippen LogP) is 3.97. The number of halogens is 1. The largest absolute Gasteiger partial charge is 0.352 e. The van der Waals surface area contributed by atoms with Gasteiger partial charge in [-0.05, 0) is 48.5 Å². The minimum Gasteiger partial charge on any atom is -0.352 e. The number of aromatic nitrogens is 2. The number of nitrogens with one attached hydrogen (secondary N) is 1. The topological polar surface area (TPSA) is 71.3 Å². The second-order valence-electron chi connectivity index (χ2n) is 7.07. The SMILES string of the molecule is CCN(CC)Cc1ccc(CNC(=O)CCc2nc(-c3ccc(F)cc3)no2)cc1. The van der Waals surface area contributed by atoms with Gasteiger partial charge in [-0.3, -0.25) is 9.69 Å². The molecule has 0 unspecified atom stereocenters. The van der Waals surface area contributed by atoms with Crippen LogP contribution in [0.15, 0.2) is 53.1 Å². The Labute approximate surface area is 176 Å². The van der Waals surface area contributed by atoms with Gasteiger partial charge < -0.3 is 9.84 Å². The number of carbonyl (C=O) groups is 1. The lowest BCUT2D eigenvalue weighted by atomic mass is 10.1. The molecule has 0 radical (unpaired) electrons. The Balaban J connectivity index is 1.43. The van der Waals surface area contributed by atoms with Gasteiger partial charge >= 0.3 is 0 Å². The van der Waals surface area contributed by atoms with Crippen molar-refractivity contribution in [2.24, 2.45) is 0 Å². The summed E-state index contributed by atoms with van der Waals surface area (Å²) in [7, 11) is 0. The van der Waals surface area contributed by atoms with E-state index in [0.717, 1.165) is 25.2 Å². The highest BCUT2D eigenvalue weighted by molar-refractivity contribution is 5.76. The van der Waals surface area contributed by atoms with E-state index in [1.54, 1.807) is 12.1 Å². The summed E-state index contributed by atoms with van der Waals surface area (Å²) in [6.45, 7) is 7.79. The fourth-order valence-electron chi connectivity index (χ4n) is 3.05. The molecule has 0 aliphatic heterocycles. The van der Waals surface area contributed by atoms with E-state index < -0.39 is 0 Å². The Kier molecular flexibility index (Phi) is 7.68. The molecule has 6 nitrogen and oxygen atoms in total. The van der Waals surface area contributed by atoms with Crippen LogP contribution < -0.4 is 5.32 Å². The van der Waals surface area contributed by atoms with Gasteiger partial charge in [0.15, 0.2) is 0 Å². The molecule has 0 fully saturated rings. The predicted molar refractivity (Wildman–Crippen MR) is 113 cm³/mol. The highest BCUT2D eigenvalue weighted by Gasteiger charge is 2.11. The summed E-state index contributed by atoms with van der Waals surface area (Å²) in [6, 6.07) is 14.2. The van der Waals surface area contributed by atoms with E-state index in [0.29, 0.717) is 30.2 Å². The number of hydrogen-bond donors (Lipinski definition) is 1. The maximum atomic E-state index is 13.0. The monoisotopic (exact) mass is 410 g/mol. The van der Waals surface area contributed by atoms with Crippen LogP contribution in [0.25, 0.3) is 11.4 Å². The number of rotatable bonds is 10. The number of nitrogens with zero attached hydrogens (tertiary/aromatic N) is 3. The Morgan fingerprint density at radius 2 is 1.70 bits per heavy atom. The van der Waals surface area contributed by atoms with Crippen molar-refractivity contribution in [3.8, 4) is 11.4 Å². The molecular weight excluding hydrogens is 383 g/mol. The second kappa shape index (κ2) is 10.6. The molecule has 1 amide bonds. The molecule has 0 saturated carbocycles. The van der Waals surface area contributed by atoms with E-state index in [4.69, 9.17) is 4.52 Å². The maximum Gasteiger partial charge on any atom is 0.227 e. The smallest absolute Gasteiger partial charge is 0.227 e. The quantitative estimate of drug-likeness (QED) is 0.548. The first kappa shape index (κ1) is 21.6. The van der Waals surface area contributed by atoms with Crippen LogP contribution in [0, 0.1) is 5.82 Å². The normalized spacial score (nSPS) is 11.1. The number of hydrogen-bond acceptors (Lipinski definition) is 5. The van der Waals surface area contributed by atoms with Gasteiger partial charge in [0.2, 0.25) is 17.6 Å². The number of benzene rings is 2. The van der Waals surface area contributed by atoms with Crippen molar-refractivity contribution in [3.05, 3.63) is 71.4 Å². The van der Waals surface area contributed by atoms with Crippen LogP contribution in [-0.2, 0) is 24.3 Å². The molecule has 0 bridgehead atoms. The second-order valence-corrected chi connectivity index (χ2v) is 7.07. The van der Waals surface area contributed by atoms with Crippen LogP contribution >= 0.6 is 0 Å². The van der Waals surface area contributed by atoms with Crippen molar-refractivity contribution in [2.75, 3.05) is 13.1 Å². The summed E-state index contributed by atoms with van der Waals surface area (Å²) in [5, 5.41) is 6.80. The van der Waals surface area contributed by atoms with Crippen LogP contribution in [0.5, 0.6) is 0 Å². The van der Waals surface area contributed by atoms with Crippen LogP contribution in [0.2, 0.25) is 0 Å². The molecule has 0 aliphatic carbocycles. The Hall–Kier alpha value is -3.06. The first-order valence-corrected chi connectivity index (χ1v) is 10.2. The zero-order chi connectivity index (χ0) is 21.3. The van der Waals surface area contributed by atoms with Crippen LogP contribution in [0.1, 0.15) is 37.3 Å². The molecule has 1 heterocycles. The molecule has 7 heteroatoms. The molecule has 1 aromatic heterocycles. The summed E-state index contributed by atoms with van der Waals surface area (Å²) in [5.41, 5.74) is 2.99. The zero-order valence-corrected chi connectivity index (χ0v) is 17.4. The van der Waals surface area contributed by atoms with E-state index in [2.05, 4.69) is 46.3 Å². The lowest BCUT2D eigenvalue weighted by Crippen LogP contribution is -2.23. The lowest BCUT2D eigenvalue weighted by Gasteiger charge is -2.18. The third kappa shape index (κ3) is 6.22. The molecule has 1 N–H and O–H groups in total. The van der Waals surface area contributed by atoms with Crippen molar-refractivity contribution in [3.63, 3.8) is 0 Å². The minimum atomic E-state index is -0.322. The molecule has 0 saturated heterocycles. The number of aryl methyl sites for hydroxylation is 1. The molecule has 0 atom stereocenters. The van der Waals surface area contributed by atoms with Crippen molar-refractivity contribution in [2.45, 2.75) is 39.8 Å². The van der Waals surface area contributed by atoms with Gasteiger partial charge in [0.25, 0.3) is 0 Å². The van der Waals surface area contributed by atoms with Gasteiger partial charge in [-0.1, -0.05) is 43.3 Å². The molecule has 0 spiro atoms. The van der Waals surface area contributed by atoms with Gasteiger partial charge in [-0.2, -0.15) is 4.98 Å². The lowest BCUT2D eigenvalue weighted by molar-refractivity contribution is -0.121. The Morgan fingerprint density at radius 1 is 1.03 bits per heavy atom. The van der Waals surface area contributed by atoms with Crippen molar-refractivity contribution < 1.29 is 13.7 Å². The number of carbonyl (C=O) groups excluding carboxylic acids is 1. The van der Waals surface area contributed by atoms with Gasteiger partial charge in [-0.25, -0.2) is 4.39 Å². The van der Waals surface area contributed by atoms with Gasteiger partial charge in [0, 0.05) is 31.5 Å². The van der Waals surface area contributed by atoms with Gasteiger partial charge in [0.05, 0.1) is 0 Å². The third-order valence-corrected chi connectivity index (χ3v) is 4.95. The zero-order valence-electron chi connectivity index (χ0n) is 17.4. The van der Waals surface area contributed by atoms with Crippen molar-refractivity contribution >= 4 is 5.91 Å². The average molecular weight is 410 g/mol. The molecule has 3 rings (SSSR count). The number of amides is 1. The molecule has 30 heavy (non-hydrogen) atoms. The van der Waals surface area contributed by atoms with Crippen molar-refractivity contribution in [1.29, 1.82) is 0 Å². The molecular formula is C23H27FN4O2. The fourth-order valence-corrected chi connectivity index (χ4v) is 3.05. The van der Waals surface area contributed by atoms with Crippen LogP contribution in [0.4, 0.5) is 4.39 Å². The summed E-state index contributed by atoms with van der Waals surface area (Å²) in [5.74, 6) is 0.363. The highest BCUT2D eigenvalue weighted by Crippen LogP contribution is 2.16. The summed E-state index contributed by atoms with van der Waals surface area (Å²) < 4.78 is 18.2. The maximum absolute atomic E-state index is 13.0. The summed E-state index contributed by atoms with van der Waals surface area (Å²) >= 11 is 0. The van der Waals surface area contributed by atoms with Gasteiger partial charge in [-0.15, -0.1) is 0 Å². The third-order valence-electron chi connectivity index (χ3n) is 4.95. The standard InChI is InChI=1S/C23H27FN4O2/c1-3-28(4-2)16-18-7-5-17(6-8-18)15-25-21(29)13-14-22-26-23(27-30-22)19-9-11-20(24)12-10-19/h5-12H,3-4,13-16H2,1-2H3,(H,25,29). The fraction of sp³-hybridized carbons (Fsp3) is 0.348. The van der Waals surface area contributed by atoms with E-state index >= 15 is 0 Å².